The van der Waals surface area contributed by atoms with Gasteiger partial charge in [0.25, 0.3) is 0 Å². The van der Waals surface area contributed by atoms with Crippen molar-refractivity contribution >= 4 is 29.7 Å². The van der Waals surface area contributed by atoms with Crippen LogP contribution < -0.4 is 16.4 Å². The van der Waals surface area contributed by atoms with Crippen molar-refractivity contribution in [2.45, 2.75) is 62.9 Å². The van der Waals surface area contributed by atoms with Crippen molar-refractivity contribution < 1.29 is 44.4 Å². The number of phenols is 1. The highest BCUT2D eigenvalue weighted by atomic mass is 16.4. The van der Waals surface area contributed by atoms with Crippen LogP contribution >= 0.6 is 0 Å². The quantitative estimate of drug-likeness (QED) is 0.182. The van der Waals surface area contributed by atoms with E-state index in [0.717, 1.165) is 0 Å². The zero-order valence-corrected chi connectivity index (χ0v) is 19.1. The average molecular weight is 495 g/mol. The lowest BCUT2D eigenvalue weighted by Crippen LogP contribution is -2.58. The number of benzene rings is 1. The molecular formula is C22H30N4O9. The Morgan fingerprint density at radius 3 is 2.26 bits per heavy atom. The van der Waals surface area contributed by atoms with Crippen molar-refractivity contribution in [1.82, 2.24) is 15.5 Å². The van der Waals surface area contributed by atoms with Gasteiger partial charge >= 0.3 is 11.9 Å². The summed E-state index contributed by atoms with van der Waals surface area (Å²) >= 11 is 0. The molecular weight excluding hydrogens is 464 g/mol. The molecule has 1 aromatic carbocycles. The molecule has 3 amide bonds. The highest BCUT2D eigenvalue weighted by Crippen LogP contribution is 2.21. The number of carbonyl (C=O) groups excluding carboxylic acids is 3. The summed E-state index contributed by atoms with van der Waals surface area (Å²) in [6, 6.07) is 0.676. The normalized spacial score (nSPS) is 18.7. The molecule has 35 heavy (non-hydrogen) atoms. The van der Waals surface area contributed by atoms with E-state index in [4.69, 9.17) is 10.8 Å². The Kier molecular flexibility index (Phi) is 9.54. The predicted octanol–water partition coefficient (Wildman–Crippen LogP) is -1.84. The van der Waals surface area contributed by atoms with E-state index in [-0.39, 0.29) is 25.1 Å². The summed E-state index contributed by atoms with van der Waals surface area (Å²) in [6.45, 7) is 1.47. The first kappa shape index (κ1) is 27.5. The van der Waals surface area contributed by atoms with E-state index in [0.29, 0.717) is 12.0 Å². The van der Waals surface area contributed by atoms with Crippen LogP contribution in [0.2, 0.25) is 0 Å². The van der Waals surface area contributed by atoms with Crippen molar-refractivity contribution in [3.8, 4) is 5.75 Å². The van der Waals surface area contributed by atoms with E-state index in [1.54, 1.807) is 12.1 Å². The first-order valence-corrected chi connectivity index (χ1v) is 11.0. The summed E-state index contributed by atoms with van der Waals surface area (Å²) in [5.74, 6) is -5.18. The topological polar surface area (TPSA) is 220 Å². The molecule has 1 aliphatic rings. The molecule has 0 aromatic heterocycles. The van der Waals surface area contributed by atoms with Crippen LogP contribution in [-0.4, -0.2) is 91.8 Å². The van der Waals surface area contributed by atoms with Gasteiger partial charge in [0.05, 0.1) is 12.5 Å². The molecule has 5 unspecified atom stereocenters. The number of nitrogens with two attached hydrogens (primary N) is 1. The molecule has 2 rings (SSSR count). The predicted molar refractivity (Wildman–Crippen MR) is 120 cm³/mol. The minimum atomic E-state index is -1.67. The van der Waals surface area contributed by atoms with Gasteiger partial charge in [-0.3, -0.25) is 19.2 Å². The maximum atomic E-state index is 13.4. The van der Waals surface area contributed by atoms with Gasteiger partial charge < -0.3 is 41.7 Å². The largest absolute Gasteiger partial charge is 0.508 e. The molecule has 0 radical (unpaired) electrons. The lowest BCUT2D eigenvalue weighted by atomic mass is 10.0. The van der Waals surface area contributed by atoms with Gasteiger partial charge in [-0.05, 0) is 37.5 Å². The van der Waals surface area contributed by atoms with Gasteiger partial charge in [-0.15, -0.1) is 0 Å². The van der Waals surface area contributed by atoms with Crippen LogP contribution in [0.15, 0.2) is 24.3 Å². The molecule has 0 saturated carbocycles. The zero-order valence-electron chi connectivity index (χ0n) is 19.1. The molecule has 8 N–H and O–H groups in total. The first-order valence-electron chi connectivity index (χ1n) is 11.0. The maximum absolute atomic E-state index is 13.4. The SMILES string of the molecule is CC(O)C(N)C(=O)NC(Cc1ccc(O)cc1)C(=O)N1CCCC1C(=O)NC(CC(=O)O)C(=O)O. The van der Waals surface area contributed by atoms with E-state index in [9.17, 15) is 39.3 Å². The molecule has 13 heteroatoms. The van der Waals surface area contributed by atoms with Crippen LogP contribution in [0.4, 0.5) is 0 Å². The Morgan fingerprint density at radius 2 is 1.71 bits per heavy atom. The Labute approximate surface area is 200 Å². The fourth-order valence-corrected chi connectivity index (χ4v) is 3.70. The number of hydrogen-bond acceptors (Lipinski definition) is 8. The third kappa shape index (κ3) is 7.65. The molecule has 5 atom stereocenters. The molecule has 13 nitrogen and oxygen atoms in total. The Bertz CT molecular complexity index is 951. The van der Waals surface area contributed by atoms with Gasteiger partial charge in [-0.1, -0.05) is 12.1 Å². The van der Waals surface area contributed by atoms with Crippen molar-refractivity contribution in [2.75, 3.05) is 6.54 Å². The summed E-state index contributed by atoms with van der Waals surface area (Å²) in [6.07, 6.45) is -1.40. The van der Waals surface area contributed by atoms with Gasteiger partial charge in [0, 0.05) is 13.0 Å². The summed E-state index contributed by atoms with van der Waals surface area (Å²) in [4.78, 5) is 62.1. The summed E-state index contributed by atoms with van der Waals surface area (Å²) < 4.78 is 0. The maximum Gasteiger partial charge on any atom is 0.326 e. The van der Waals surface area contributed by atoms with Crippen LogP contribution in [0.1, 0.15) is 31.7 Å². The van der Waals surface area contributed by atoms with Crippen LogP contribution in [0.5, 0.6) is 5.75 Å². The van der Waals surface area contributed by atoms with Gasteiger partial charge in [0.15, 0.2) is 0 Å². The van der Waals surface area contributed by atoms with Crippen molar-refractivity contribution in [3.05, 3.63) is 29.8 Å². The minimum absolute atomic E-state index is 0.00223. The smallest absolute Gasteiger partial charge is 0.326 e. The van der Waals surface area contributed by atoms with Gasteiger partial charge in [0.1, 0.15) is 29.9 Å². The second-order valence-electron chi connectivity index (χ2n) is 8.39. The summed E-state index contributed by atoms with van der Waals surface area (Å²) in [5, 5.41) is 41.9. The number of carboxylic acids is 2. The third-order valence-corrected chi connectivity index (χ3v) is 5.65. The molecule has 0 bridgehead atoms. The Hall–Kier alpha value is -3.71. The molecule has 1 heterocycles. The number of rotatable bonds is 11. The van der Waals surface area contributed by atoms with Crippen LogP contribution in [-0.2, 0) is 30.4 Å². The minimum Gasteiger partial charge on any atom is -0.508 e. The van der Waals surface area contributed by atoms with Crippen LogP contribution in [0, 0.1) is 0 Å². The second-order valence-corrected chi connectivity index (χ2v) is 8.39. The fourth-order valence-electron chi connectivity index (χ4n) is 3.70. The van der Waals surface area contributed by atoms with E-state index >= 15 is 0 Å². The number of hydrogen-bond donors (Lipinski definition) is 7. The number of carbonyl (C=O) groups is 5. The Balaban J connectivity index is 2.24. The van der Waals surface area contributed by atoms with Crippen molar-refractivity contribution in [3.63, 3.8) is 0 Å². The average Bonchev–Trinajstić information content (AvgIpc) is 3.28. The molecule has 0 spiro atoms. The molecule has 192 valence electrons. The van der Waals surface area contributed by atoms with E-state index in [1.807, 2.05) is 0 Å². The number of carboxylic acid groups (broad SMARTS) is 2. The van der Waals surface area contributed by atoms with Gasteiger partial charge in [-0.2, -0.15) is 0 Å². The van der Waals surface area contributed by atoms with Crippen LogP contribution in [0.3, 0.4) is 0 Å². The molecule has 1 aliphatic heterocycles. The number of aliphatic hydroxyl groups is 1. The van der Waals surface area contributed by atoms with Crippen molar-refractivity contribution in [1.29, 1.82) is 0 Å². The number of phenolic OH excluding ortho intramolecular Hbond substituents is 1. The van der Waals surface area contributed by atoms with E-state index in [2.05, 4.69) is 10.6 Å². The Morgan fingerprint density at radius 1 is 1.09 bits per heavy atom. The van der Waals surface area contributed by atoms with E-state index in [1.165, 1.54) is 24.0 Å². The number of nitrogens with zero attached hydrogens (tertiary/aromatic N) is 1. The van der Waals surface area contributed by atoms with E-state index < -0.39 is 66.4 Å². The lowest BCUT2D eigenvalue weighted by molar-refractivity contribution is -0.148. The summed E-state index contributed by atoms with van der Waals surface area (Å²) in [5.41, 5.74) is 6.27. The first-order chi connectivity index (χ1) is 16.4. The van der Waals surface area contributed by atoms with Crippen molar-refractivity contribution in [2.24, 2.45) is 5.73 Å². The lowest BCUT2D eigenvalue weighted by Gasteiger charge is -2.30. The molecule has 1 fully saturated rings. The van der Waals surface area contributed by atoms with Gasteiger partial charge in [-0.25, -0.2) is 4.79 Å². The number of nitrogens with one attached hydrogen (secondary N) is 2. The number of aliphatic hydroxyl groups excluding tert-OH is 1. The highest BCUT2D eigenvalue weighted by Gasteiger charge is 2.39. The van der Waals surface area contributed by atoms with Gasteiger partial charge in [0.2, 0.25) is 17.7 Å². The summed E-state index contributed by atoms with van der Waals surface area (Å²) in [7, 11) is 0. The van der Waals surface area contributed by atoms with Crippen LogP contribution in [0.25, 0.3) is 0 Å². The number of likely N-dealkylation sites (tertiary alicyclic amines) is 1. The highest BCUT2D eigenvalue weighted by molar-refractivity contribution is 5.95. The number of aromatic hydroxyl groups is 1. The molecule has 1 aromatic rings. The monoisotopic (exact) mass is 494 g/mol. The number of amides is 3. The molecule has 0 aliphatic carbocycles. The second kappa shape index (κ2) is 12.1. The molecule has 1 saturated heterocycles. The fraction of sp³-hybridized carbons (Fsp3) is 0.500. The zero-order chi connectivity index (χ0) is 26.3. The third-order valence-electron chi connectivity index (χ3n) is 5.65. The standard InChI is InChI=1S/C22H30N4O9/c1-11(27)18(23)20(32)24-14(9-12-4-6-13(28)7-5-12)21(33)26-8-2-3-16(26)19(31)25-15(22(34)35)10-17(29)30/h4-7,11,14-16,18,27-28H,2-3,8-10,23H2,1H3,(H,24,32)(H,25,31)(H,29,30)(H,34,35). The number of aliphatic carboxylic acids is 2.